The van der Waals surface area contributed by atoms with Crippen LogP contribution in [0.3, 0.4) is 0 Å². The van der Waals surface area contributed by atoms with Crippen LogP contribution in [0.4, 0.5) is 0 Å². The number of hydrogen-bond acceptors (Lipinski definition) is 1. The molecule has 0 aromatic carbocycles. The minimum Gasteiger partial charge on any atom is -0.297 e. The Morgan fingerprint density at radius 1 is 1.18 bits per heavy atom. The Kier molecular flexibility index (Phi) is 3.17. The minimum absolute atomic E-state index is 0.663. The zero-order chi connectivity index (χ0) is 11.7. The van der Waals surface area contributed by atoms with Gasteiger partial charge in [0, 0.05) is 18.7 Å². The predicted octanol–water partition coefficient (Wildman–Crippen LogP) is 4.16. The van der Waals surface area contributed by atoms with Crippen LogP contribution in [0.5, 0.6) is 0 Å². The first-order valence-electron chi connectivity index (χ1n) is 7.24. The SMILES string of the molecule is C=C(C1CCCC1)[C@H]1C=C2CCN=CC2CC1. The van der Waals surface area contributed by atoms with E-state index in [-0.39, 0.29) is 0 Å². The molecule has 0 saturated heterocycles. The molecular formula is C16H23N. The van der Waals surface area contributed by atoms with Crippen molar-refractivity contribution in [2.45, 2.75) is 44.9 Å². The molecule has 3 rings (SSSR count). The fourth-order valence-electron chi connectivity index (χ4n) is 3.74. The molecule has 1 fully saturated rings. The van der Waals surface area contributed by atoms with E-state index in [1.807, 2.05) is 0 Å². The van der Waals surface area contributed by atoms with E-state index in [0.717, 1.165) is 12.5 Å². The van der Waals surface area contributed by atoms with Crippen LogP contribution in [-0.4, -0.2) is 12.8 Å². The van der Waals surface area contributed by atoms with Gasteiger partial charge in [0.2, 0.25) is 0 Å². The van der Waals surface area contributed by atoms with E-state index in [0.29, 0.717) is 11.8 Å². The largest absolute Gasteiger partial charge is 0.297 e. The van der Waals surface area contributed by atoms with Crippen molar-refractivity contribution in [1.29, 1.82) is 0 Å². The third-order valence-corrected chi connectivity index (χ3v) is 4.85. The Morgan fingerprint density at radius 3 is 2.82 bits per heavy atom. The van der Waals surface area contributed by atoms with Crippen LogP contribution in [0.2, 0.25) is 0 Å². The quantitative estimate of drug-likeness (QED) is 0.630. The molecule has 1 heteroatoms. The van der Waals surface area contributed by atoms with Crippen LogP contribution >= 0.6 is 0 Å². The van der Waals surface area contributed by atoms with Crippen molar-refractivity contribution < 1.29 is 0 Å². The summed E-state index contributed by atoms with van der Waals surface area (Å²) in [6, 6.07) is 0. The van der Waals surface area contributed by atoms with Crippen molar-refractivity contribution in [3.05, 3.63) is 23.8 Å². The first kappa shape index (κ1) is 11.3. The Hall–Kier alpha value is -0.850. The van der Waals surface area contributed by atoms with Gasteiger partial charge in [0.25, 0.3) is 0 Å². The lowest BCUT2D eigenvalue weighted by Crippen LogP contribution is -2.21. The lowest BCUT2D eigenvalue weighted by molar-refractivity contribution is 0.477. The van der Waals surface area contributed by atoms with E-state index >= 15 is 0 Å². The summed E-state index contributed by atoms with van der Waals surface area (Å²) in [5, 5.41) is 0. The molecule has 1 heterocycles. The van der Waals surface area contributed by atoms with Crippen LogP contribution in [0, 0.1) is 17.8 Å². The van der Waals surface area contributed by atoms with E-state index in [9.17, 15) is 0 Å². The molecule has 1 saturated carbocycles. The van der Waals surface area contributed by atoms with E-state index in [2.05, 4.69) is 23.9 Å². The van der Waals surface area contributed by atoms with Crippen molar-refractivity contribution in [3.63, 3.8) is 0 Å². The zero-order valence-electron chi connectivity index (χ0n) is 10.7. The molecule has 92 valence electrons. The summed E-state index contributed by atoms with van der Waals surface area (Å²) in [7, 11) is 0. The van der Waals surface area contributed by atoms with E-state index in [1.165, 1.54) is 50.5 Å². The second-order valence-corrected chi connectivity index (χ2v) is 5.89. The standard InChI is InChI=1S/C16H23N/c1-12(13-4-2-3-5-13)14-6-7-16-11-17-9-8-15(16)10-14/h10-11,13-14,16H,1-9H2/t14-,16?/m1/s1. The molecule has 1 nitrogen and oxygen atoms in total. The van der Waals surface area contributed by atoms with Gasteiger partial charge in [0.05, 0.1) is 0 Å². The van der Waals surface area contributed by atoms with Gasteiger partial charge in [-0.05, 0) is 43.9 Å². The van der Waals surface area contributed by atoms with E-state index in [4.69, 9.17) is 0 Å². The fraction of sp³-hybridized carbons (Fsp3) is 0.688. The third-order valence-electron chi connectivity index (χ3n) is 4.85. The van der Waals surface area contributed by atoms with Crippen molar-refractivity contribution in [2.24, 2.45) is 22.7 Å². The lowest BCUT2D eigenvalue weighted by Gasteiger charge is -2.31. The monoisotopic (exact) mass is 229 g/mol. The molecule has 0 amide bonds. The lowest BCUT2D eigenvalue weighted by atomic mass is 9.75. The number of rotatable bonds is 2. The average Bonchev–Trinajstić information content (AvgIpc) is 2.91. The average molecular weight is 229 g/mol. The Bertz CT molecular complexity index is 358. The minimum atomic E-state index is 0.663. The Labute approximate surface area is 105 Å². The molecule has 2 atom stereocenters. The highest BCUT2D eigenvalue weighted by Crippen LogP contribution is 2.40. The third kappa shape index (κ3) is 2.25. The van der Waals surface area contributed by atoms with E-state index in [1.54, 1.807) is 5.57 Å². The number of fused-ring (bicyclic) bond motifs is 1. The highest BCUT2D eigenvalue weighted by atomic mass is 14.7. The zero-order valence-corrected chi connectivity index (χ0v) is 10.7. The first-order valence-corrected chi connectivity index (χ1v) is 7.24. The maximum absolute atomic E-state index is 4.42. The Balaban J connectivity index is 1.72. The van der Waals surface area contributed by atoms with E-state index < -0.39 is 0 Å². The van der Waals surface area contributed by atoms with Gasteiger partial charge in [-0.15, -0.1) is 0 Å². The number of hydrogen-bond donors (Lipinski definition) is 0. The van der Waals surface area contributed by atoms with Gasteiger partial charge < -0.3 is 0 Å². The highest BCUT2D eigenvalue weighted by Gasteiger charge is 2.28. The summed E-state index contributed by atoms with van der Waals surface area (Å²) >= 11 is 0. The molecule has 0 spiro atoms. The molecule has 0 N–H and O–H groups in total. The maximum Gasteiger partial charge on any atom is 0.0423 e. The second-order valence-electron chi connectivity index (χ2n) is 5.89. The van der Waals surface area contributed by atoms with Crippen molar-refractivity contribution in [2.75, 3.05) is 6.54 Å². The van der Waals surface area contributed by atoms with Gasteiger partial charge in [-0.2, -0.15) is 0 Å². The van der Waals surface area contributed by atoms with Crippen molar-refractivity contribution in [1.82, 2.24) is 0 Å². The summed E-state index contributed by atoms with van der Waals surface area (Å²) in [6.45, 7) is 5.42. The summed E-state index contributed by atoms with van der Waals surface area (Å²) in [4.78, 5) is 4.42. The van der Waals surface area contributed by atoms with Gasteiger partial charge in [-0.25, -0.2) is 0 Å². The fourth-order valence-corrected chi connectivity index (χ4v) is 3.74. The maximum atomic E-state index is 4.42. The van der Waals surface area contributed by atoms with Crippen LogP contribution in [0.25, 0.3) is 0 Å². The number of nitrogens with zero attached hydrogens (tertiary/aromatic N) is 1. The molecular weight excluding hydrogens is 206 g/mol. The summed E-state index contributed by atoms with van der Waals surface area (Å²) < 4.78 is 0. The predicted molar refractivity (Wildman–Crippen MR) is 73.4 cm³/mol. The van der Waals surface area contributed by atoms with Crippen LogP contribution in [0.15, 0.2) is 28.8 Å². The topological polar surface area (TPSA) is 12.4 Å². The Morgan fingerprint density at radius 2 is 2.00 bits per heavy atom. The van der Waals surface area contributed by atoms with Crippen LogP contribution in [0.1, 0.15) is 44.9 Å². The van der Waals surface area contributed by atoms with Gasteiger partial charge in [-0.1, -0.05) is 36.6 Å². The molecule has 0 radical (unpaired) electrons. The van der Waals surface area contributed by atoms with Crippen molar-refractivity contribution in [3.8, 4) is 0 Å². The molecule has 3 aliphatic rings. The van der Waals surface area contributed by atoms with Gasteiger partial charge in [-0.3, -0.25) is 4.99 Å². The summed E-state index contributed by atoms with van der Waals surface area (Å²) in [6.07, 6.45) is 14.1. The van der Waals surface area contributed by atoms with Gasteiger partial charge in [0.1, 0.15) is 0 Å². The van der Waals surface area contributed by atoms with Gasteiger partial charge in [0.15, 0.2) is 0 Å². The molecule has 1 aliphatic heterocycles. The smallest absolute Gasteiger partial charge is 0.0423 e. The van der Waals surface area contributed by atoms with Crippen LogP contribution in [-0.2, 0) is 0 Å². The van der Waals surface area contributed by atoms with Crippen LogP contribution < -0.4 is 0 Å². The van der Waals surface area contributed by atoms with Crippen molar-refractivity contribution >= 4 is 6.21 Å². The molecule has 0 aromatic heterocycles. The first-order chi connectivity index (χ1) is 8.34. The summed E-state index contributed by atoms with van der Waals surface area (Å²) in [5.74, 6) is 2.16. The summed E-state index contributed by atoms with van der Waals surface area (Å²) in [5.41, 5.74) is 3.19. The number of allylic oxidation sites excluding steroid dienone is 2. The van der Waals surface area contributed by atoms with Gasteiger partial charge >= 0.3 is 0 Å². The molecule has 0 aromatic rings. The molecule has 17 heavy (non-hydrogen) atoms. The molecule has 1 unspecified atom stereocenters. The number of aliphatic imine (C=N–C) groups is 1. The normalized spacial score (nSPS) is 33.3. The molecule has 0 bridgehead atoms. The highest BCUT2D eigenvalue weighted by molar-refractivity contribution is 5.67. The second kappa shape index (κ2) is 4.80. The molecule has 2 aliphatic carbocycles.